The van der Waals surface area contributed by atoms with Gasteiger partial charge in [-0.05, 0) is 45.7 Å². The average molecular weight is 291 g/mol. The highest BCUT2D eigenvalue weighted by atomic mass is 32.2. The van der Waals surface area contributed by atoms with Crippen LogP contribution in [0.4, 0.5) is 0 Å². The minimum absolute atomic E-state index is 0.444. The van der Waals surface area contributed by atoms with Crippen LogP contribution < -0.4 is 10.0 Å². The maximum Gasteiger partial charge on any atom is 0.280 e. The predicted octanol–water partition coefficient (Wildman–Crippen LogP) is -0.0688. The molecule has 2 aliphatic rings. The lowest BCUT2D eigenvalue weighted by atomic mass is 9.98. The van der Waals surface area contributed by atoms with Gasteiger partial charge in [-0.3, -0.25) is 0 Å². The fourth-order valence-electron chi connectivity index (χ4n) is 2.77. The monoisotopic (exact) mass is 291 g/mol. The van der Waals surface area contributed by atoms with Crippen LogP contribution in [0.5, 0.6) is 0 Å². The Hall–Kier alpha value is -0.210. The maximum absolute atomic E-state index is 12.4. The molecule has 2 N–H and O–H groups in total. The molecular weight excluding hydrogens is 266 g/mol. The van der Waals surface area contributed by atoms with Crippen LogP contribution in [0.2, 0.25) is 0 Å². The van der Waals surface area contributed by atoms with Gasteiger partial charge in [-0.1, -0.05) is 0 Å². The van der Waals surface area contributed by atoms with Crippen LogP contribution in [0.25, 0.3) is 0 Å². The highest BCUT2D eigenvalue weighted by Crippen LogP contribution is 2.22. The van der Waals surface area contributed by atoms with Gasteiger partial charge in [0.15, 0.2) is 0 Å². The van der Waals surface area contributed by atoms with Gasteiger partial charge in [0, 0.05) is 19.7 Å². The summed E-state index contributed by atoms with van der Waals surface area (Å²) in [5.74, 6) is 0.585. The first-order chi connectivity index (χ1) is 8.95. The smallest absolute Gasteiger partial charge is 0.280 e. The minimum Gasteiger partial charge on any atom is -0.379 e. The number of nitrogens with one attached hydrogen (secondary N) is 2. The van der Waals surface area contributed by atoms with Gasteiger partial charge < -0.3 is 10.1 Å². The van der Waals surface area contributed by atoms with Crippen LogP contribution in [0, 0.1) is 5.92 Å². The molecule has 0 amide bonds. The second-order valence-electron chi connectivity index (χ2n) is 5.87. The van der Waals surface area contributed by atoms with Gasteiger partial charge in [-0.25, -0.2) is 0 Å². The van der Waals surface area contributed by atoms with E-state index in [2.05, 4.69) is 10.0 Å². The number of rotatable bonds is 5. The van der Waals surface area contributed by atoms with Crippen LogP contribution >= 0.6 is 0 Å². The Bertz CT molecular complexity index is 385. The molecule has 0 aromatic heterocycles. The topological polar surface area (TPSA) is 70.7 Å². The van der Waals surface area contributed by atoms with Crippen molar-refractivity contribution in [3.63, 3.8) is 0 Å². The molecule has 2 heterocycles. The zero-order chi connectivity index (χ0) is 13.9. The number of ether oxygens (including phenoxy) is 1. The summed E-state index contributed by atoms with van der Waals surface area (Å²) in [5, 5.41) is 3.16. The summed E-state index contributed by atoms with van der Waals surface area (Å²) in [6, 6.07) is 0. The molecule has 0 aromatic carbocycles. The first-order valence-corrected chi connectivity index (χ1v) is 8.41. The molecule has 19 heavy (non-hydrogen) atoms. The van der Waals surface area contributed by atoms with Crippen LogP contribution in [-0.4, -0.2) is 58.2 Å². The molecule has 6 nitrogen and oxygen atoms in total. The predicted molar refractivity (Wildman–Crippen MR) is 74.1 cm³/mol. The molecule has 2 aliphatic heterocycles. The Balaban J connectivity index is 1.90. The van der Waals surface area contributed by atoms with Gasteiger partial charge >= 0.3 is 0 Å². The Kier molecular flexibility index (Phi) is 4.84. The van der Waals surface area contributed by atoms with E-state index in [-0.39, 0.29) is 0 Å². The van der Waals surface area contributed by atoms with E-state index in [0.29, 0.717) is 32.2 Å². The normalized spacial score (nSPS) is 30.8. The SMILES string of the molecule is CNCC1CCN(S(=O)(=O)NC2(C)CCOC2)CC1. The van der Waals surface area contributed by atoms with Crippen molar-refractivity contribution in [2.45, 2.75) is 31.7 Å². The summed E-state index contributed by atoms with van der Waals surface area (Å²) >= 11 is 0. The van der Waals surface area contributed by atoms with E-state index in [1.54, 1.807) is 4.31 Å². The lowest BCUT2D eigenvalue weighted by Crippen LogP contribution is -2.54. The molecule has 7 heteroatoms. The van der Waals surface area contributed by atoms with Crippen molar-refractivity contribution in [3.8, 4) is 0 Å². The molecule has 1 unspecified atom stereocenters. The lowest BCUT2D eigenvalue weighted by molar-refractivity contribution is 0.176. The van der Waals surface area contributed by atoms with Crippen LogP contribution in [-0.2, 0) is 14.9 Å². The van der Waals surface area contributed by atoms with Crippen LogP contribution in [0.3, 0.4) is 0 Å². The minimum atomic E-state index is -3.38. The summed E-state index contributed by atoms with van der Waals surface area (Å²) in [6.07, 6.45) is 2.59. The van der Waals surface area contributed by atoms with Gasteiger partial charge in [0.2, 0.25) is 0 Å². The molecule has 112 valence electrons. The third kappa shape index (κ3) is 3.88. The van der Waals surface area contributed by atoms with E-state index < -0.39 is 15.7 Å². The van der Waals surface area contributed by atoms with Crippen molar-refractivity contribution in [1.29, 1.82) is 0 Å². The largest absolute Gasteiger partial charge is 0.379 e. The first-order valence-electron chi connectivity index (χ1n) is 6.97. The van der Waals surface area contributed by atoms with E-state index in [1.807, 2.05) is 14.0 Å². The zero-order valence-corrected chi connectivity index (χ0v) is 12.6. The van der Waals surface area contributed by atoms with Crippen LogP contribution in [0.1, 0.15) is 26.2 Å². The Morgan fingerprint density at radius 3 is 2.58 bits per heavy atom. The molecule has 0 bridgehead atoms. The van der Waals surface area contributed by atoms with Crippen LogP contribution in [0.15, 0.2) is 0 Å². The summed E-state index contributed by atoms with van der Waals surface area (Å²) < 4.78 is 34.4. The molecule has 0 spiro atoms. The molecule has 0 radical (unpaired) electrons. The Morgan fingerprint density at radius 2 is 2.05 bits per heavy atom. The molecule has 2 fully saturated rings. The zero-order valence-electron chi connectivity index (χ0n) is 11.8. The number of hydrogen-bond acceptors (Lipinski definition) is 4. The highest BCUT2D eigenvalue weighted by molar-refractivity contribution is 7.87. The summed E-state index contributed by atoms with van der Waals surface area (Å²) in [6.45, 7) is 5.18. The van der Waals surface area contributed by atoms with Gasteiger partial charge in [0.1, 0.15) is 0 Å². The second kappa shape index (κ2) is 6.05. The highest BCUT2D eigenvalue weighted by Gasteiger charge is 2.37. The molecule has 0 saturated carbocycles. The first kappa shape index (κ1) is 15.2. The molecule has 1 atom stereocenters. The maximum atomic E-state index is 12.4. The number of nitrogens with zero attached hydrogens (tertiary/aromatic N) is 1. The molecule has 2 saturated heterocycles. The van der Waals surface area contributed by atoms with Crippen molar-refractivity contribution in [2.24, 2.45) is 5.92 Å². The summed E-state index contributed by atoms with van der Waals surface area (Å²) in [4.78, 5) is 0. The second-order valence-corrected chi connectivity index (χ2v) is 7.54. The standard InChI is InChI=1S/C12H25N3O3S/c1-12(5-8-18-10-12)14-19(16,17)15-6-3-11(4-7-15)9-13-2/h11,13-14H,3-10H2,1-2H3. The molecular formula is C12H25N3O3S. The number of piperidine rings is 1. The lowest BCUT2D eigenvalue weighted by Gasteiger charge is -2.34. The summed E-state index contributed by atoms with van der Waals surface area (Å²) in [7, 11) is -1.44. The van der Waals surface area contributed by atoms with E-state index in [4.69, 9.17) is 4.74 Å². The van der Waals surface area contributed by atoms with E-state index in [0.717, 1.165) is 25.8 Å². The quantitative estimate of drug-likeness (QED) is 0.744. The summed E-state index contributed by atoms with van der Waals surface area (Å²) in [5.41, 5.74) is -0.444. The van der Waals surface area contributed by atoms with Crippen molar-refractivity contribution < 1.29 is 13.2 Å². The Morgan fingerprint density at radius 1 is 1.37 bits per heavy atom. The third-order valence-corrected chi connectivity index (χ3v) is 5.80. The van der Waals surface area contributed by atoms with E-state index in [9.17, 15) is 8.42 Å². The van der Waals surface area contributed by atoms with Crippen molar-refractivity contribution >= 4 is 10.2 Å². The fraction of sp³-hybridized carbons (Fsp3) is 1.00. The van der Waals surface area contributed by atoms with Gasteiger partial charge in [-0.15, -0.1) is 0 Å². The van der Waals surface area contributed by atoms with Crippen molar-refractivity contribution in [2.75, 3.05) is 39.9 Å². The van der Waals surface area contributed by atoms with E-state index >= 15 is 0 Å². The van der Waals surface area contributed by atoms with Crippen molar-refractivity contribution in [3.05, 3.63) is 0 Å². The van der Waals surface area contributed by atoms with Gasteiger partial charge in [0.05, 0.1) is 12.1 Å². The average Bonchev–Trinajstić information content (AvgIpc) is 2.76. The molecule has 0 aromatic rings. The number of hydrogen-bond donors (Lipinski definition) is 2. The molecule has 0 aliphatic carbocycles. The fourth-order valence-corrected chi connectivity index (χ4v) is 4.37. The van der Waals surface area contributed by atoms with E-state index in [1.165, 1.54) is 0 Å². The Labute approximate surface area is 116 Å². The molecule has 2 rings (SSSR count). The van der Waals surface area contributed by atoms with Gasteiger partial charge in [-0.2, -0.15) is 17.4 Å². The van der Waals surface area contributed by atoms with Gasteiger partial charge in [0.25, 0.3) is 10.2 Å². The van der Waals surface area contributed by atoms with Crippen molar-refractivity contribution in [1.82, 2.24) is 14.3 Å². The third-order valence-electron chi connectivity index (χ3n) is 4.00.